The molecule has 0 atom stereocenters. The van der Waals surface area contributed by atoms with E-state index in [0.717, 1.165) is 12.0 Å². The van der Waals surface area contributed by atoms with Crippen LogP contribution in [-0.2, 0) is 10.2 Å². The summed E-state index contributed by atoms with van der Waals surface area (Å²) in [6.07, 6.45) is 0.901. The summed E-state index contributed by atoms with van der Waals surface area (Å²) < 4.78 is 18.4. The molecular formula is C12H16FNO. The van der Waals surface area contributed by atoms with Crippen molar-refractivity contribution in [1.82, 2.24) is 0 Å². The van der Waals surface area contributed by atoms with Crippen molar-refractivity contribution in [2.75, 3.05) is 19.8 Å². The minimum atomic E-state index is -0.151. The van der Waals surface area contributed by atoms with Gasteiger partial charge in [-0.2, -0.15) is 0 Å². The van der Waals surface area contributed by atoms with Crippen LogP contribution in [0, 0.1) is 12.7 Å². The minimum Gasteiger partial charge on any atom is -0.379 e. The van der Waals surface area contributed by atoms with E-state index >= 15 is 0 Å². The van der Waals surface area contributed by atoms with Gasteiger partial charge in [0, 0.05) is 5.41 Å². The number of benzene rings is 1. The SMILES string of the molecule is Cc1cc(C2(CCN)COC2)ccc1F. The first-order valence-electron chi connectivity index (χ1n) is 5.22. The number of nitrogens with two attached hydrogens (primary N) is 1. The van der Waals surface area contributed by atoms with Crippen molar-refractivity contribution in [3.8, 4) is 0 Å². The third-order valence-electron chi connectivity index (χ3n) is 3.15. The lowest BCUT2D eigenvalue weighted by molar-refractivity contribution is -0.0631. The van der Waals surface area contributed by atoms with Gasteiger partial charge in [0.15, 0.2) is 0 Å². The van der Waals surface area contributed by atoms with Crippen LogP contribution < -0.4 is 5.73 Å². The van der Waals surface area contributed by atoms with Gasteiger partial charge in [-0.05, 0) is 37.1 Å². The highest BCUT2D eigenvalue weighted by atomic mass is 19.1. The Morgan fingerprint density at radius 2 is 2.20 bits per heavy atom. The molecule has 1 aromatic carbocycles. The van der Waals surface area contributed by atoms with Gasteiger partial charge in [-0.25, -0.2) is 4.39 Å². The van der Waals surface area contributed by atoms with Gasteiger partial charge in [0.25, 0.3) is 0 Å². The maximum atomic E-state index is 13.1. The van der Waals surface area contributed by atoms with E-state index < -0.39 is 0 Å². The van der Waals surface area contributed by atoms with Crippen LogP contribution in [0.2, 0.25) is 0 Å². The van der Waals surface area contributed by atoms with E-state index in [1.54, 1.807) is 6.92 Å². The molecule has 0 aliphatic carbocycles. The van der Waals surface area contributed by atoms with Crippen LogP contribution in [0.5, 0.6) is 0 Å². The molecule has 1 saturated heterocycles. The summed E-state index contributed by atoms with van der Waals surface area (Å²) in [5.41, 5.74) is 7.48. The van der Waals surface area contributed by atoms with Crippen molar-refractivity contribution in [2.45, 2.75) is 18.8 Å². The molecule has 1 fully saturated rings. The van der Waals surface area contributed by atoms with Gasteiger partial charge < -0.3 is 10.5 Å². The number of rotatable bonds is 3. The Morgan fingerprint density at radius 3 is 2.67 bits per heavy atom. The molecule has 0 aromatic heterocycles. The highest BCUT2D eigenvalue weighted by Crippen LogP contribution is 2.35. The predicted molar refractivity (Wildman–Crippen MR) is 57.3 cm³/mol. The van der Waals surface area contributed by atoms with E-state index in [1.807, 2.05) is 12.1 Å². The number of hydrogen-bond donors (Lipinski definition) is 1. The van der Waals surface area contributed by atoms with Gasteiger partial charge >= 0.3 is 0 Å². The van der Waals surface area contributed by atoms with Crippen molar-refractivity contribution in [2.24, 2.45) is 5.73 Å². The zero-order valence-corrected chi connectivity index (χ0v) is 8.92. The molecule has 0 unspecified atom stereocenters. The van der Waals surface area contributed by atoms with Gasteiger partial charge in [0.05, 0.1) is 13.2 Å². The maximum absolute atomic E-state index is 13.1. The molecular weight excluding hydrogens is 193 g/mol. The van der Waals surface area contributed by atoms with Crippen LogP contribution in [0.3, 0.4) is 0 Å². The lowest BCUT2D eigenvalue weighted by Gasteiger charge is -2.42. The quantitative estimate of drug-likeness (QED) is 0.823. The molecule has 1 aliphatic heterocycles. The van der Waals surface area contributed by atoms with Gasteiger partial charge in [0.2, 0.25) is 0 Å². The predicted octanol–water partition coefficient (Wildman–Crippen LogP) is 1.75. The topological polar surface area (TPSA) is 35.2 Å². The fraction of sp³-hybridized carbons (Fsp3) is 0.500. The fourth-order valence-corrected chi connectivity index (χ4v) is 2.05. The van der Waals surface area contributed by atoms with Gasteiger partial charge in [-0.3, -0.25) is 0 Å². The van der Waals surface area contributed by atoms with E-state index in [-0.39, 0.29) is 11.2 Å². The van der Waals surface area contributed by atoms with Crippen LogP contribution in [-0.4, -0.2) is 19.8 Å². The standard InChI is InChI=1S/C12H16FNO/c1-9-6-10(2-3-11(9)13)12(4-5-14)7-15-8-12/h2-3,6H,4-5,7-8,14H2,1H3. The Hall–Kier alpha value is -0.930. The summed E-state index contributed by atoms with van der Waals surface area (Å²) in [6, 6.07) is 5.29. The summed E-state index contributed by atoms with van der Waals surface area (Å²) in [7, 11) is 0. The molecule has 0 spiro atoms. The number of ether oxygens (including phenoxy) is 1. The molecule has 15 heavy (non-hydrogen) atoms. The monoisotopic (exact) mass is 209 g/mol. The Kier molecular flexibility index (Phi) is 2.76. The van der Waals surface area contributed by atoms with Gasteiger partial charge in [-0.15, -0.1) is 0 Å². The number of hydrogen-bond acceptors (Lipinski definition) is 2. The summed E-state index contributed by atoms with van der Waals surface area (Å²) in [4.78, 5) is 0. The first kappa shape index (κ1) is 10.6. The van der Waals surface area contributed by atoms with Gasteiger partial charge in [-0.1, -0.05) is 12.1 Å². The molecule has 2 rings (SSSR count). The second kappa shape index (κ2) is 3.91. The van der Waals surface area contributed by atoms with E-state index in [1.165, 1.54) is 6.07 Å². The third-order valence-corrected chi connectivity index (χ3v) is 3.15. The molecule has 0 saturated carbocycles. The second-order valence-corrected chi connectivity index (χ2v) is 4.28. The summed E-state index contributed by atoms with van der Waals surface area (Å²) in [5, 5.41) is 0. The molecule has 3 heteroatoms. The lowest BCUT2D eigenvalue weighted by Crippen LogP contribution is -2.48. The lowest BCUT2D eigenvalue weighted by atomic mass is 9.75. The van der Waals surface area contributed by atoms with E-state index in [4.69, 9.17) is 10.5 Å². The van der Waals surface area contributed by atoms with Gasteiger partial charge in [0.1, 0.15) is 5.82 Å². The van der Waals surface area contributed by atoms with E-state index in [0.29, 0.717) is 25.3 Å². The molecule has 0 bridgehead atoms. The molecule has 2 N–H and O–H groups in total. The number of aryl methyl sites for hydroxylation is 1. The normalized spacial score (nSPS) is 18.6. The molecule has 1 heterocycles. The van der Waals surface area contributed by atoms with Crippen molar-refractivity contribution < 1.29 is 9.13 Å². The maximum Gasteiger partial charge on any atom is 0.126 e. The summed E-state index contributed by atoms with van der Waals surface area (Å²) >= 11 is 0. The fourth-order valence-electron chi connectivity index (χ4n) is 2.05. The Morgan fingerprint density at radius 1 is 1.47 bits per heavy atom. The van der Waals surface area contributed by atoms with Crippen LogP contribution >= 0.6 is 0 Å². The van der Waals surface area contributed by atoms with Crippen LogP contribution in [0.1, 0.15) is 17.5 Å². The first-order chi connectivity index (χ1) is 7.18. The van der Waals surface area contributed by atoms with Crippen molar-refractivity contribution in [1.29, 1.82) is 0 Å². The molecule has 0 radical (unpaired) electrons. The van der Waals surface area contributed by atoms with Crippen LogP contribution in [0.25, 0.3) is 0 Å². The van der Waals surface area contributed by atoms with Crippen LogP contribution in [0.15, 0.2) is 18.2 Å². The van der Waals surface area contributed by atoms with Crippen molar-refractivity contribution in [3.05, 3.63) is 35.1 Å². The third kappa shape index (κ3) is 1.77. The second-order valence-electron chi connectivity index (χ2n) is 4.28. The smallest absolute Gasteiger partial charge is 0.126 e. The van der Waals surface area contributed by atoms with Crippen molar-refractivity contribution in [3.63, 3.8) is 0 Å². The molecule has 0 amide bonds. The first-order valence-corrected chi connectivity index (χ1v) is 5.22. The summed E-state index contributed by atoms with van der Waals surface area (Å²) in [5.74, 6) is -0.151. The molecule has 82 valence electrons. The molecule has 2 nitrogen and oxygen atoms in total. The summed E-state index contributed by atoms with van der Waals surface area (Å²) in [6.45, 7) is 3.83. The largest absolute Gasteiger partial charge is 0.379 e. The average Bonchev–Trinajstić information content (AvgIpc) is 2.16. The highest BCUT2D eigenvalue weighted by Gasteiger charge is 2.39. The molecule has 1 aliphatic rings. The van der Waals surface area contributed by atoms with E-state index in [2.05, 4.69) is 0 Å². The Balaban J connectivity index is 2.30. The Labute approximate surface area is 89.2 Å². The van der Waals surface area contributed by atoms with Crippen LogP contribution in [0.4, 0.5) is 4.39 Å². The minimum absolute atomic E-state index is 0.0349. The highest BCUT2D eigenvalue weighted by molar-refractivity contribution is 5.32. The number of halogens is 1. The average molecular weight is 209 g/mol. The zero-order valence-electron chi connectivity index (χ0n) is 8.92. The van der Waals surface area contributed by atoms with E-state index in [9.17, 15) is 4.39 Å². The van der Waals surface area contributed by atoms with Crippen molar-refractivity contribution >= 4 is 0 Å². The Bertz CT molecular complexity index is 361. The zero-order chi connectivity index (χ0) is 10.9. The molecule has 1 aromatic rings.